The van der Waals surface area contributed by atoms with Gasteiger partial charge in [-0.25, -0.2) is 15.0 Å². The van der Waals surface area contributed by atoms with Crippen molar-refractivity contribution in [2.45, 2.75) is 32.4 Å². The van der Waals surface area contributed by atoms with Crippen LogP contribution in [-0.4, -0.2) is 45.0 Å². The molecule has 0 bridgehead atoms. The molecule has 3 aromatic heterocycles. The van der Waals surface area contributed by atoms with Gasteiger partial charge in [-0.3, -0.25) is 4.79 Å². The molecular weight excluding hydrogens is 380 g/mol. The van der Waals surface area contributed by atoms with E-state index in [-0.39, 0.29) is 12.0 Å². The Kier molecular flexibility index (Phi) is 5.56. The van der Waals surface area contributed by atoms with Gasteiger partial charge in [0.25, 0.3) is 5.91 Å². The fraction of sp³-hybridized carbons (Fsp3) is 0.368. The van der Waals surface area contributed by atoms with Crippen molar-refractivity contribution < 1.29 is 9.53 Å². The minimum Gasteiger partial charge on any atom is -0.376 e. The van der Waals surface area contributed by atoms with E-state index in [0.29, 0.717) is 28.8 Å². The SMILES string of the molecule is Cc1nc(-c2ncccn2)sc1C(=O)N(Cc1cccs1)CC1CCCO1. The first-order valence-electron chi connectivity index (χ1n) is 8.89. The second-order valence-corrected chi connectivity index (χ2v) is 8.44. The molecule has 140 valence electrons. The van der Waals surface area contributed by atoms with Gasteiger partial charge in [-0.05, 0) is 37.3 Å². The Labute approximate surface area is 165 Å². The van der Waals surface area contributed by atoms with Crippen LogP contribution in [0, 0.1) is 6.92 Å². The molecule has 1 fully saturated rings. The molecule has 4 rings (SSSR count). The highest BCUT2D eigenvalue weighted by atomic mass is 32.1. The highest BCUT2D eigenvalue weighted by Crippen LogP contribution is 2.28. The number of nitrogens with zero attached hydrogens (tertiary/aromatic N) is 4. The Morgan fingerprint density at radius 3 is 2.89 bits per heavy atom. The predicted octanol–water partition coefficient (Wildman–Crippen LogP) is 3.79. The normalized spacial score (nSPS) is 16.6. The number of aromatic nitrogens is 3. The van der Waals surface area contributed by atoms with Gasteiger partial charge >= 0.3 is 0 Å². The molecule has 1 amide bonds. The highest BCUT2D eigenvalue weighted by molar-refractivity contribution is 7.17. The van der Waals surface area contributed by atoms with Crippen LogP contribution in [0.3, 0.4) is 0 Å². The van der Waals surface area contributed by atoms with E-state index >= 15 is 0 Å². The molecule has 1 saturated heterocycles. The number of carbonyl (C=O) groups is 1. The third-order valence-corrected chi connectivity index (χ3v) is 6.41. The summed E-state index contributed by atoms with van der Waals surface area (Å²) in [6.07, 6.45) is 5.53. The maximum absolute atomic E-state index is 13.3. The monoisotopic (exact) mass is 400 g/mol. The van der Waals surface area contributed by atoms with E-state index in [9.17, 15) is 4.79 Å². The zero-order chi connectivity index (χ0) is 18.6. The van der Waals surface area contributed by atoms with Crippen LogP contribution in [0.15, 0.2) is 36.0 Å². The first kappa shape index (κ1) is 18.2. The molecule has 8 heteroatoms. The molecule has 1 atom stereocenters. The smallest absolute Gasteiger partial charge is 0.266 e. The molecule has 0 aromatic carbocycles. The lowest BCUT2D eigenvalue weighted by atomic mass is 10.2. The number of thiazole rings is 1. The van der Waals surface area contributed by atoms with Crippen molar-refractivity contribution in [2.24, 2.45) is 0 Å². The first-order chi connectivity index (χ1) is 13.2. The van der Waals surface area contributed by atoms with E-state index < -0.39 is 0 Å². The third-order valence-electron chi connectivity index (χ3n) is 4.41. The lowest BCUT2D eigenvalue weighted by Crippen LogP contribution is -2.36. The first-order valence-corrected chi connectivity index (χ1v) is 10.6. The zero-order valence-corrected chi connectivity index (χ0v) is 16.6. The average Bonchev–Trinajstić information content (AvgIpc) is 3.44. The molecule has 1 unspecified atom stereocenters. The van der Waals surface area contributed by atoms with Crippen molar-refractivity contribution in [2.75, 3.05) is 13.2 Å². The summed E-state index contributed by atoms with van der Waals surface area (Å²) >= 11 is 3.02. The van der Waals surface area contributed by atoms with Crippen LogP contribution in [0.25, 0.3) is 10.8 Å². The van der Waals surface area contributed by atoms with Gasteiger partial charge in [0.2, 0.25) is 0 Å². The minimum absolute atomic E-state index is 0.00363. The Balaban J connectivity index is 1.59. The van der Waals surface area contributed by atoms with Gasteiger partial charge in [0.15, 0.2) is 10.8 Å². The summed E-state index contributed by atoms with van der Waals surface area (Å²) in [5.74, 6) is 0.546. The largest absolute Gasteiger partial charge is 0.376 e. The lowest BCUT2D eigenvalue weighted by Gasteiger charge is -2.24. The maximum atomic E-state index is 13.3. The molecule has 0 saturated carbocycles. The van der Waals surface area contributed by atoms with E-state index in [2.05, 4.69) is 21.0 Å². The fourth-order valence-electron chi connectivity index (χ4n) is 3.09. The third kappa shape index (κ3) is 4.23. The number of amides is 1. The summed E-state index contributed by atoms with van der Waals surface area (Å²) in [7, 11) is 0. The molecule has 3 aromatic rings. The van der Waals surface area contributed by atoms with Crippen LogP contribution in [0.5, 0.6) is 0 Å². The molecule has 1 aliphatic heterocycles. The van der Waals surface area contributed by atoms with Gasteiger partial charge in [0.1, 0.15) is 4.88 Å². The summed E-state index contributed by atoms with van der Waals surface area (Å²) in [6.45, 7) is 3.84. The van der Waals surface area contributed by atoms with Crippen LogP contribution in [0.4, 0.5) is 0 Å². The van der Waals surface area contributed by atoms with Crippen molar-refractivity contribution in [3.8, 4) is 10.8 Å². The molecule has 0 spiro atoms. The standard InChI is InChI=1S/C19H20N4O2S2/c1-13-16(27-18(22-13)17-20-7-4-8-21-17)19(24)23(11-14-5-2-9-25-14)12-15-6-3-10-26-15/h3-4,6-8,10,14H,2,5,9,11-12H2,1H3. The molecule has 27 heavy (non-hydrogen) atoms. The van der Waals surface area contributed by atoms with Crippen molar-refractivity contribution >= 4 is 28.6 Å². The van der Waals surface area contributed by atoms with Crippen molar-refractivity contribution in [3.63, 3.8) is 0 Å². The second kappa shape index (κ2) is 8.24. The Bertz CT molecular complexity index is 890. The topological polar surface area (TPSA) is 68.2 Å². The molecule has 6 nitrogen and oxygen atoms in total. The average molecular weight is 401 g/mol. The molecule has 0 aliphatic carbocycles. The summed E-state index contributed by atoms with van der Waals surface area (Å²) < 4.78 is 5.77. The fourth-order valence-corrected chi connectivity index (χ4v) is 4.79. The summed E-state index contributed by atoms with van der Waals surface area (Å²) in [5.41, 5.74) is 0.718. The summed E-state index contributed by atoms with van der Waals surface area (Å²) in [5, 5.41) is 2.71. The van der Waals surface area contributed by atoms with Crippen molar-refractivity contribution in [1.29, 1.82) is 0 Å². The molecule has 1 aliphatic rings. The molecule has 0 radical (unpaired) electrons. The number of aryl methyl sites for hydroxylation is 1. The number of hydrogen-bond donors (Lipinski definition) is 0. The van der Waals surface area contributed by atoms with Crippen LogP contribution in [0.2, 0.25) is 0 Å². The number of ether oxygens (including phenoxy) is 1. The van der Waals surface area contributed by atoms with E-state index in [0.717, 1.165) is 30.0 Å². The van der Waals surface area contributed by atoms with Gasteiger partial charge in [-0.1, -0.05) is 6.07 Å². The van der Waals surface area contributed by atoms with Gasteiger partial charge in [-0.2, -0.15) is 0 Å². The Morgan fingerprint density at radius 1 is 1.33 bits per heavy atom. The van der Waals surface area contributed by atoms with E-state index in [1.807, 2.05) is 23.3 Å². The molecule has 4 heterocycles. The van der Waals surface area contributed by atoms with Gasteiger partial charge in [0.05, 0.1) is 18.3 Å². The van der Waals surface area contributed by atoms with E-state index in [1.165, 1.54) is 11.3 Å². The van der Waals surface area contributed by atoms with E-state index in [4.69, 9.17) is 4.74 Å². The predicted molar refractivity (Wildman–Crippen MR) is 106 cm³/mol. The second-order valence-electron chi connectivity index (χ2n) is 6.41. The van der Waals surface area contributed by atoms with Crippen LogP contribution in [0.1, 0.15) is 33.1 Å². The summed E-state index contributed by atoms with van der Waals surface area (Å²) in [4.78, 5) is 30.0. The highest BCUT2D eigenvalue weighted by Gasteiger charge is 2.27. The van der Waals surface area contributed by atoms with Crippen molar-refractivity contribution in [3.05, 3.63) is 51.4 Å². The molecular formula is C19H20N4O2S2. The number of rotatable bonds is 6. The van der Waals surface area contributed by atoms with Gasteiger partial charge < -0.3 is 9.64 Å². The number of thiophene rings is 1. The van der Waals surface area contributed by atoms with Crippen molar-refractivity contribution in [1.82, 2.24) is 19.9 Å². The number of carbonyl (C=O) groups excluding carboxylic acids is 1. The Hall–Kier alpha value is -2.16. The quantitative estimate of drug-likeness (QED) is 0.630. The molecule has 0 N–H and O–H groups in total. The van der Waals surface area contributed by atoms with Gasteiger partial charge in [0, 0.05) is 30.4 Å². The van der Waals surface area contributed by atoms with Crippen LogP contribution in [-0.2, 0) is 11.3 Å². The summed E-state index contributed by atoms with van der Waals surface area (Å²) in [6, 6.07) is 5.83. The minimum atomic E-state index is -0.00363. The Morgan fingerprint density at radius 2 is 2.19 bits per heavy atom. The zero-order valence-electron chi connectivity index (χ0n) is 15.0. The van der Waals surface area contributed by atoms with Crippen LogP contribution < -0.4 is 0 Å². The van der Waals surface area contributed by atoms with E-state index in [1.54, 1.807) is 29.8 Å². The van der Waals surface area contributed by atoms with Crippen LogP contribution >= 0.6 is 22.7 Å². The lowest BCUT2D eigenvalue weighted by molar-refractivity contribution is 0.0512. The maximum Gasteiger partial charge on any atom is 0.266 e. The van der Waals surface area contributed by atoms with Gasteiger partial charge in [-0.15, -0.1) is 22.7 Å². The number of hydrogen-bond acceptors (Lipinski definition) is 7.